The third kappa shape index (κ3) is 4.21. The van der Waals surface area contributed by atoms with Crippen LogP contribution in [-0.2, 0) is 4.79 Å². The summed E-state index contributed by atoms with van der Waals surface area (Å²) in [5.74, 6) is -0.493. The molecule has 104 valence electrons. The number of carbonyl (C=O) groups is 1. The van der Waals surface area contributed by atoms with Crippen LogP contribution in [0.2, 0.25) is 0 Å². The van der Waals surface area contributed by atoms with Gasteiger partial charge in [0.15, 0.2) is 0 Å². The highest BCUT2D eigenvalue weighted by atomic mass is 19.1. The van der Waals surface area contributed by atoms with Crippen LogP contribution in [0.25, 0.3) is 0 Å². The van der Waals surface area contributed by atoms with Crippen LogP contribution >= 0.6 is 0 Å². The molecule has 1 aliphatic rings. The van der Waals surface area contributed by atoms with E-state index in [9.17, 15) is 9.18 Å². The molecule has 3 N–H and O–H groups in total. The Morgan fingerprint density at radius 2 is 2.26 bits per heavy atom. The third-order valence-corrected chi connectivity index (χ3v) is 3.20. The van der Waals surface area contributed by atoms with Gasteiger partial charge in [-0.1, -0.05) is 6.07 Å². The molecule has 1 atom stereocenters. The molecule has 1 aliphatic carbocycles. The van der Waals surface area contributed by atoms with Crippen molar-refractivity contribution >= 4 is 5.91 Å². The Kier molecular flexibility index (Phi) is 4.37. The van der Waals surface area contributed by atoms with Crippen LogP contribution in [0.1, 0.15) is 37.8 Å². The lowest BCUT2D eigenvalue weighted by Gasteiger charge is -2.15. The van der Waals surface area contributed by atoms with E-state index in [0.29, 0.717) is 24.6 Å². The number of carbonyl (C=O) groups excluding carboxylic acids is 1. The zero-order valence-corrected chi connectivity index (χ0v) is 10.9. The van der Waals surface area contributed by atoms with Crippen LogP contribution in [0.5, 0.6) is 5.75 Å². The van der Waals surface area contributed by atoms with E-state index in [0.717, 1.165) is 18.9 Å². The highest BCUT2D eigenvalue weighted by molar-refractivity contribution is 5.76. The second-order valence-electron chi connectivity index (χ2n) is 4.97. The van der Waals surface area contributed by atoms with Crippen LogP contribution < -0.4 is 10.6 Å². The maximum atomic E-state index is 13.6. The summed E-state index contributed by atoms with van der Waals surface area (Å²) in [5, 5.41) is 15.1. The van der Waals surface area contributed by atoms with Crippen molar-refractivity contribution in [2.75, 3.05) is 6.54 Å². The molecule has 0 bridgehead atoms. The zero-order chi connectivity index (χ0) is 13.8. The lowest BCUT2D eigenvalue weighted by atomic mass is 10.1. The lowest BCUT2D eigenvalue weighted by Crippen LogP contribution is -2.30. The molecular weight excluding hydrogens is 247 g/mol. The summed E-state index contributed by atoms with van der Waals surface area (Å²) < 4.78 is 13.6. The van der Waals surface area contributed by atoms with Gasteiger partial charge in [-0.25, -0.2) is 4.39 Å². The van der Waals surface area contributed by atoms with Crippen molar-refractivity contribution in [2.45, 2.75) is 38.3 Å². The molecule has 1 aromatic rings. The first-order chi connectivity index (χ1) is 9.06. The van der Waals surface area contributed by atoms with Crippen LogP contribution in [0.15, 0.2) is 18.2 Å². The van der Waals surface area contributed by atoms with Crippen LogP contribution in [0.3, 0.4) is 0 Å². The fraction of sp³-hybridized carbons (Fsp3) is 0.500. The van der Waals surface area contributed by atoms with E-state index in [1.807, 2.05) is 6.92 Å². The highest BCUT2D eigenvalue weighted by Gasteiger charge is 2.22. The van der Waals surface area contributed by atoms with Gasteiger partial charge >= 0.3 is 0 Å². The average Bonchev–Trinajstić information content (AvgIpc) is 3.12. The smallest absolute Gasteiger partial charge is 0.221 e. The minimum Gasteiger partial charge on any atom is -0.508 e. The lowest BCUT2D eigenvalue weighted by molar-refractivity contribution is -0.121. The molecule has 1 amide bonds. The summed E-state index contributed by atoms with van der Waals surface area (Å²) >= 11 is 0. The molecule has 1 unspecified atom stereocenters. The summed E-state index contributed by atoms with van der Waals surface area (Å²) in [5.41, 5.74) is 0.486. The van der Waals surface area contributed by atoms with Gasteiger partial charge in [0, 0.05) is 36.7 Å². The Labute approximate surface area is 112 Å². The van der Waals surface area contributed by atoms with Crippen LogP contribution in [-0.4, -0.2) is 23.6 Å². The minimum atomic E-state index is -0.442. The third-order valence-electron chi connectivity index (χ3n) is 3.20. The van der Waals surface area contributed by atoms with Gasteiger partial charge in [0.1, 0.15) is 11.6 Å². The molecule has 2 rings (SSSR count). The molecular formula is C14H19FN2O2. The maximum absolute atomic E-state index is 13.6. The van der Waals surface area contributed by atoms with E-state index in [-0.39, 0.29) is 17.7 Å². The Bertz CT molecular complexity index is 461. The van der Waals surface area contributed by atoms with Gasteiger partial charge in [-0.2, -0.15) is 0 Å². The fourth-order valence-corrected chi connectivity index (χ4v) is 1.91. The van der Waals surface area contributed by atoms with Gasteiger partial charge in [0.25, 0.3) is 0 Å². The largest absolute Gasteiger partial charge is 0.508 e. The van der Waals surface area contributed by atoms with Crippen molar-refractivity contribution in [3.05, 3.63) is 29.6 Å². The first kappa shape index (κ1) is 13.8. The number of nitrogens with one attached hydrogen (secondary N) is 2. The first-order valence-electron chi connectivity index (χ1n) is 6.57. The minimum absolute atomic E-state index is 0.0355. The molecule has 0 spiro atoms. The van der Waals surface area contributed by atoms with E-state index in [1.54, 1.807) is 6.07 Å². The molecule has 1 fully saturated rings. The molecule has 5 heteroatoms. The maximum Gasteiger partial charge on any atom is 0.221 e. The number of phenolic OH excluding ortho intramolecular Hbond substituents is 1. The summed E-state index contributed by atoms with van der Waals surface area (Å²) in [6.07, 6.45) is 2.54. The topological polar surface area (TPSA) is 61.4 Å². The molecule has 0 aromatic heterocycles. The Morgan fingerprint density at radius 3 is 2.89 bits per heavy atom. The number of halogens is 1. The number of rotatable bonds is 6. The van der Waals surface area contributed by atoms with E-state index in [2.05, 4.69) is 10.6 Å². The Hall–Kier alpha value is -1.62. The molecule has 19 heavy (non-hydrogen) atoms. The summed E-state index contributed by atoms with van der Waals surface area (Å²) in [6, 6.07) is 4.27. The second-order valence-corrected chi connectivity index (χ2v) is 4.97. The van der Waals surface area contributed by atoms with Gasteiger partial charge in [0.05, 0.1) is 0 Å². The number of phenols is 1. The van der Waals surface area contributed by atoms with Gasteiger partial charge in [-0.05, 0) is 25.8 Å². The molecule has 0 radical (unpaired) electrons. The normalized spacial score (nSPS) is 16.1. The van der Waals surface area contributed by atoms with E-state index < -0.39 is 5.82 Å². The van der Waals surface area contributed by atoms with Crippen LogP contribution in [0.4, 0.5) is 4.39 Å². The second kappa shape index (κ2) is 6.02. The van der Waals surface area contributed by atoms with Crippen molar-refractivity contribution in [1.82, 2.24) is 10.6 Å². The molecule has 1 saturated carbocycles. The van der Waals surface area contributed by atoms with Gasteiger partial charge in [-0.15, -0.1) is 0 Å². The van der Waals surface area contributed by atoms with Crippen molar-refractivity contribution in [3.8, 4) is 5.75 Å². The number of aromatic hydroxyl groups is 1. The van der Waals surface area contributed by atoms with Gasteiger partial charge in [-0.3, -0.25) is 4.79 Å². The predicted molar refractivity (Wildman–Crippen MR) is 70.3 cm³/mol. The Morgan fingerprint density at radius 1 is 1.53 bits per heavy atom. The summed E-state index contributed by atoms with van der Waals surface area (Å²) in [6.45, 7) is 2.33. The van der Waals surface area contributed by atoms with E-state index in [1.165, 1.54) is 6.07 Å². The highest BCUT2D eigenvalue weighted by Crippen LogP contribution is 2.21. The van der Waals surface area contributed by atoms with Crippen molar-refractivity contribution in [2.24, 2.45) is 0 Å². The number of hydrogen-bond acceptors (Lipinski definition) is 3. The molecule has 0 heterocycles. The number of benzene rings is 1. The van der Waals surface area contributed by atoms with E-state index >= 15 is 0 Å². The predicted octanol–water partition coefficient (Wildman–Crippen LogP) is 1.85. The quantitative estimate of drug-likeness (QED) is 0.736. The van der Waals surface area contributed by atoms with E-state index in [4.69, 9.17) is 5.11 Å². The average molecular weight is 266 g/mol. The van der Waals surface area contributed by atoms with Gasteiger partial charge in [0.2, 0.25) is 5.91 Å². The molecule has 4 nitrogen and oxygen atoms in total. The summed E-state index contributed by atoms with van der Waals surface area (Å²) in [4.78, 5) is 11.5. The van der Waals surface area contributed by atoms with Crippen molar-refractivity contribution in [1.29, 1.82) is 0 Å². The standard InChI is InChI=1S/C14H19FN2O2/c1-9(12-5-4-11(18)8-13(12)15)16-7-6-14(19)17-10-2-3-10/h4-5,8-10,16,18H,2-3,6-7H2,1H3,(H,17,19). The SMILES string of the molecule is CC(NCCC(=O)NC1CC1)c1ccc(O)cc1F. The zero-order valence-electron chi connectivity index (χ0n) is 10.9. The first-order valence-corrected chi connectivity index (χ1v) is 6.57. The molecule has 0 aliphatic heterocycles. The van der Waals surface area contributed by atoms with Crippen molar-refractivity contribution < 1.29 is 14.3 Å². The number of hydrogen-bond donors (Lipinski definition) is 3. The fourth-order valence-electron chi connectivity index (χ4n) is 1.91. The molecule has 0 saturated heterocycles. The monoisotopic (exact) mass is 266 g/mol. The van der Waals surface area contributed by atoms with Gasteiger partial charge < -0.3 is 15.7 Å². The van der Waals surface area contributed by atoms with Crippen LogP contribution in [0, 0.1) is 5.82 Å². The summed E-state index contributed by atoms with van der Waals surface area (Å²) in [7, 11) is 0. The number of amides is 1. The Balaban J connectivity index is 1.76. The van der Waals surface area contributed by atoms with Crippen molar-refractivity contribution in [3.63, 3.8) is 0 Å². The molecule has 1 aromatic carbocycles.